The number of anilines is 1. The molecule has 2 saturated heterocycles. The second kappa shape index (κ2) is 5.66. The van der Waals surface area contributed by atoms with E-state index in [1.54, 1.807) is 12.3 Å². The van der Waals surface area contributed by atoms with E-state index in [1.165, 1.54) is 32.4 Å². The molecule has 3 rings (SSSR count). The number of rotatable bonds is 3. The lowest BCUT2D eigenvalue weighted by Crippen LogP contribution is -2.35. The number of likely N-dealkylation sites (tertiary alicyclic amines) is 1. The van der Waals surface area contributed by atoms with E-state index in [1.807, 2.05) is 6.07 Å². The minimum atomic E-state index is 0.0490. The van der Waals surface area contributed by atoms with Crippen molar-refractivity contribution in [3.8, 4) is 0 Å². The summed E-state index contributed by atoms with van der Waals surface area (Å²) in [4.78, 5) is 9.22. The lowest BCUT2D eigenvalue weighted by Gasteiger charge is -2.24. The Kier molecular flexibility index (Phi) is 3.73. The van der Waals surface area contributed by atoms with Gasteiger partial charge in [-0.1, -0.05) is 5.16 Å². The molecule has 1 unspecified atom stereocenters. The third kappa shape index (κ3) is 2.56. The lowest BCUT2D eigenvalue weighted by atomic mass is 10.2. The smallest absolute Gasteiger partial charge is 0.188 e. The third-order valence-electron chi connectivity index (χ3n) is 4.30. The van der Waals surface area contributed by atoms with Crippen molar-refractivity contribution in [2.75, 3.05) is 31.1 Å². The van der Waals surface area contributed by atoms with Gasteiger partial charge in [0.05, 0.1) is 11.9 Å². The molecule has 0 amide bonds. The summed E-state index contributed by atoms with van der Waals surface area (Å²) in [5.41, 5.74) is 7.14. The molecule has 0 radical (unpaired) electrons. The highest BCUT2D eigenvalue weighted by Gasteiger charge is 2.29. The van der Waals surface area contributed by atoms with Gasteiger partial charge in [-0.25, -0.2) is 0 Å². The molecule has 0 spiro atoms. The number of hydrogen-bond acceptors (Lipinski definition) is 5. The molecule has 0 aromatic carbocycles. The van der Waals surface area contributed by atoms with E-state index in [9.17, 15) is 0 Å². The normalized spacial score (nSPS) is 24.5. The maximum atomic E-state index is 8.63. The van der Waals surface area contributed by atoms with E-state index in [0.29, 0.717) is 11.7 Å². The number of nitrogens with zero attached hydrogens (tertiary/aromatic N) is 4. The fraction of sp³-hybridized carbons (Fsp3) is 0.571. The standard InChI is InChI=1S/C14H21N5O/c15-14(17-20)13-4-3-11(9-16-13)19-8-5-12(10-19)18-6-1-2-7-18/h3-4,9,12,20H,1-2,5-8,10H2,(H2,15,17). The van der Waals surface area contributed by atoms with Crippen LogP contribution in [-0.4, -0.2) is 53.1 Å². The van der Waals surface area contributed by atoms with Crippen molar-refractivity contribution in [1.29, 1.82) is 0 Å². The monoisotopic (exact) mass is 275 g/mol. The van der Waals surface area contributed by atoms with Gasteiger partial charge in [0.1, 0.15) is 5.69 Å². The Bertz CT molecular complexity index is 481. The van der Waals surface area contributed by atoms with Crippen LogP contribution in [0.4, 0.5) is 5.69 Å². The number of oxime groups is 1. The predicted octanol–water partition coefficient (Wildman–Crippen LogP) is 0.851. The second-order valence-corrected chi connectivity index (χ2v) is 5.52. The number of pyridine rings is 1. The van der Waals surface area contributed by atoms with Crippen molar-refractivity contribution in [1.82, 2.24) is 9.88 Å². The molecule has 3 heterocycles. The van der Waals surface area contributed by atoms with Crippen LogP contribution in [0.5, 0.6) is 0 Å². The minimum absolute atomic E-state index is 0.0490. The Hall–Kier alpha value is -1.82. The summed E-state index contributed by atoms with van der Waals surface area (Å²) in [5.74, 6) is 0.0490. The van der Waals surface area contributed by atoms with Crippen molar-refractivity contribution in [2.24, 2.45) is 10.9 Å². The molecule has 3 N–H and O–H groups in total. The van der Waals surface area contributed by atoms with Crippen molar-refractivity contribution >= 4 is 11.5 Å². The number of amidine groups is 1. The van der Waals surface area contributed by atoms with Crippen molar-refractivity contribution in [2.45, 2.75) is 25.3 Å². The molecule has 0 saturated carbocycles. The Morgan fingerprint density at radius 3 is 2.75 bits per heavy atom. The van der Waals surface area contributed by atoms with Gasteiger partial charge in [0, 0.05) is 19.1 Å². The first-order valence-corrected chi connectivity index (χ1v) is 7.21. The maximum Gasteiger partial charge on any atom is 0.188 e. The first-order chi connectivity index (χ1) is 9.78. The molecule has 6 nitrogen and oxygen atoms in total. The average molecular weight is 275 g/mol. The van der Waals surface area contributed by atoms with E-state index in [2.05, 4.69) is 19.9 Å². The SMILES string of the molecule is N/C(=N/O)c1ccc(N2CCC(N3CCCC3)C2)cn1. The highest BCUT2D eigenvalue weighted by molar-refractivity contribution is 5.95. The average Bonchev–Trinajstić information content (AvgIpc) is 3.17. The van der Waals surface area contributed by atoms with Crippen LogP contribution in [0.1, 0.15) is 25.0 Å². The van der Waals surface area contributed by atoms with Gasteiger partial charge >= 0.3 is 0 Å². The van der Waals surface area contributed by atoms with Crippen molar-refractivity contribution in [3.05, 3.63) is 24.0 Å². The number of aromatic nitrogens is 1. The predicted molar refractivity (Wildman–Crippen MR) is 78.2 cm³/mol. The van der Waals surface area contributed by atoms with Crippen LogP contribution >= 0.6 is 0 Å². The summed E-state index contributed by atoms with van der Waals surface area (Å²) < 4.78 is 0. The first kappa shape index (κ1) is 13.2. The van der Waals surface area contributed by atoms with Crippen LogP contribution in [0.25, 0.3) is 0 Å². The summed E-state index contributed by atoms with van der Waals surface area (Å²) in [6, 6.07) is 4.47. The topological polar surface area (TPSA) is 78.0 Å². The highest BCUT2D eigenvalue weighted by atomic mass is 16.4. The van der Waals surface area contributed by atoms with E-state index in [-0.39, 0.29) is 5.84 Å². The van der Waals surface area contributed by atoms with Crippen LogP contribution in [0.15, 0.2) is 23.5 Å². The summed E-state index contributed by atoms with van der Waals surface area (Å²) >= 11 is 0. The molecule has 1 atom stereocenters. The molecule has 2 fully saturated rings. The van der Waals surface area contributed by atoms with Gasteiger partial charge in [-0.3, -0.25) is 9.88 Å². The zero-order valence-corrected chi connectivity index (χ0v) is 11.6. The summed E-state index contributed by atoms with van der Waals surface area (Å²) in [5, 5.41) is 11.6. The molecule has 1 aromatic rings. The largest absolute Gasteiger partial charge is 0.409 e. The van der Waals surface area contributed by atoms with E-state index >= 15 is 0 Å². The zero-order chi connectivity index (χ0) is 13.9. The lowest BCUT2D eigenvalue weighted by molar-refractivity contribution is 0.260. The number of nitrogens with two attached hydrogens (primary N) is 1. The van der Waals surface area contributed by atoms with Crippen molar-refractivity contribution in [3.63, 3.8) is 0 Å². The molecular formula is C14H21N5O. The van der Waals surface area contributed by atoms with Gasteiger partial charge in [0.25, 0.3) is 0 Å². The van der Waals surface area contributed by atoms with Crippen LogP contribution in [-0.2, 0) is 0 Å². The Balaban J connectivity index is 1.65. The molecule has 2 aliphatic heterocycles. The van der Waals surface area contributed by atoms with Crippen LogP contribution in [0.3, 0.4) is 0 Å². The molecule has 20 heavy (non-hydrogen) atoms. The quantitative estimate of drug-likeness (QED) is 0.370. The van der Waals surface area contributed by atoms with Crippen molar-refractivity contribution < 1.29 is 5.21 Å². The molecular weight excluding hydrogens is 254 g/mol. The summed E-state index contributed by atoms with van der Waals surface area (Å²) in [7, 11) is 0. The first-order valence-electron chi connectivity index (χ1n) is 7.21. The maximum absolute atomic E-state index is 8.63. The van der Waals surface area contributed by atoms with Gasteiger partial charge in [0.2, 0.25) is 0 Å². The summed E-state index contributed by atoms with van der Waals surface area (Å²) in [6.45, 7) is 4.65. The Labute approximate surface area is 118 Å². The molecule has 1 aromatic heterocycles. The van der Waals surface area contributed by atoms with Crippen LogP contribution in [0.2, 0.25) is 0 Å². The van der Waals surface area contributed by atoms with E-state index in [4.69, 9.17) is 10.9 Å². The number of hydrogen-bond donors (Lipinski definition) is 2. The fourth-order valence-corrected chi connectivity index (χ4v) is 3.16. The molecule has 6 heteroatoms. The van der Waals surface area contributed by atoms with Crippen LogP contribution in [0, 0.1) is 0 Å². The third-order valence-corrected chi connectivity index (χ3v) is 4.30. The van der Waals surface area contributed by atoms with E-state index in [0.717, 1.165) is 18.8 Å². The van der Waals surface area contributed by atoms with Crippen LogP contribution < -0.4 is 10.6 Å². The van der Waals surface area contributed by atoms with Gasteiger partial charge in [-0.15, -0.1) is 0 Å². The molecule has 0 aliphatic carbocycles. The van der Waals surface area contributed by atoms with E-state index < -0.39 is 0 Å². The molecule has 2 aliphatic rings. The zero-order valence-electron chi connectivity index (χ0n) is 11.6. The molecule has 108 valence electrons. The second-order valence-electron chi connectivity index (χ2n) is 5.52. The highest BCUT2D eigenvalue weighted by Crippen LogP contribution is 2.24. The van der Waals surface area contributed by atoms with Gasteiger partial charge in [-0.2, -0.15) is 0 Å². The Morgan fingerprint density at radius 1 is 1.30 bits per heavy atom. The van der Waals surface area contributed by atoms with Gasteiger partial charge in [-0.05, 0) is 44.5 Å². The summed E-state index contributed by atoms with van der Waals surface area (Å²) in [6.07, 6.45) is 5.71. The molecule has 0 bridgehead atoms. The minimum Gasteiger partial charge on any atom is -0.409 e. The van der Waals surface area contributed by atoms with Gasteiger partial charge < -0.3 is 15.8 Å². The van der Waals surface area contributed by atoms with Gasteiger partial charge in [0.15, 0.2) is 5.84 Å². The fourth-order valence-electron chi connectivity index (χ4n) is 3.16. The Morgan fingerprint density at radius 2 is 2.10 bits per heavy atom.